The third-order valence-corrected chi connectivity index (χ3v) is 4.52. The van der Waals surface area contributed by atoms with Crippen molar-refractivity contribution in [3.63, 3.8) is 0 Å². The van der Waals surface area contributed by atoms with Gasteiger partial charge in [-0.25, -0.2) is 4.79 Å². The van der Waals surface area contributed by atoms with Gasteiger partial charge in [-0.15, -0.1) is 0 Å². The van der Waals surface area contributed by atoms with Crippen LogP contribution in [0.1, 0.15) is 52.4 Å². The van der Waals surface area contributed by atoms with E-state index in [4.69, 9.17) is 4.74 Å². The van der Waals surface area contributed by atoms with Crippen molar-refractivity contribution in [1.29, 1.82) is 0 Å². The van der Waals surface area contributed by atoms with Crippen LogP contribution in [0.3, 0.4) is 0 Å². The van der Waals surface area contributed by atoms with Crippen molar-refractivity contribution in [2.45, 2.75) is 70.2 Å². The van der Waals surface area contributed by atoms with E-state index in [9.17, 15) is 15.0 Å². The van der Waals surface area contributed by atoms with Gasteiger partial charge in [0.05, 0.1) is 12.2 Å². The van der Waals surface area contributed by atoms with Crippen LogP contribution in [-0.4, -0.2) is 34.0 Å². The molecule has 2 aliphatic rings. The number of hydrogen-bond donors (Lipinski definition) is 2. The molecule has 0 heterocycles. The van der Waals surface area contributed by atoms with Crippen LogP contribution in [0.2, 0.25) is 0 Å². The van der Waals surface area contributed by atoms with Gasteiger partial charge in [-0.05, 0) is 64.2 Å². The smallest absolute Gasteiger partial charge is 0.335 e. The molecule has 0 aromatic heterocycles. The highest BCUT2D eigenvalue weighted by molar-refractivity contribution is 5.77. The SMILES string of the molecule is CC(O)C(C)OC1(C(=O)O)CCCC(C2CC2)C1. The van der Waals surface area contributed by atoms with Gasteiger partial charge in [0.2, 0.25) is 0 Å². The van der Waals surface area contributed by atoms with Crippen LogP contribution < -0.4 is 0 Å². The first-order valence-corrected chi connectivity index (χ1v) is 7.04. The molecule has 4 unspecified atom stereocenters. The monoisotopic (exact) mass is 256 g/mol. The summed E-state index contributed by atoms with van der Waals surface area (Å²) in [6, 6.07) is 0. The molecule has 0 aromatic carbocycles. The van der Waals surface area contributed by atoms with Gasteiger partial charge < -0.3 is 14.9 Å². The molecule has 0 radical (unpaired) electrons. The van der Waals surface area contributed by atoms with Crippen LogP contribution in [0.25, 0.3) is 0 Å². The maximum Gasteiger partial charge on any atom is 0.335 e. The number of ether oxygens (including phenoxy) is 1. The largest absolute Gasteiger partial charge is 0.479 e. The highest BCUT2D eigenvalue weighted by atomic mass is 16.5. The first kappa shape index (κ1) is 13.8. The lowest BCUT2D eigenvalue weighted by atomic mass is 9.75. The molecular formula is C14H24O4. The summed E-state index contributed by atoms with van der Waals surface area (Å²) in [7, 11) is 0. The zero-order valence-corrected chi connectivity index (χ0v) is 11.3. The maximum absolute atomic E-state index is 11.6. The standard InChI is InChI=1S/C14H24O4/c1-9(15)10(2)18-14(13(16)17)7-3-4-12(8-14)11-5-6-11/h9-12,15H,3-8H2,1-2H3,(H,16,17). The van der Waals surface area contributed by atoms with E-state index in [-0.39, 0.29) is 0 Å². The number of aliphatic hydroxyl groups is 1. The van der Waals surface area contributed by atoms with Gasteiger partial charge >= 0.3 is 5.97 Å². The highest BCUT2D eigenvalue weighted by Gasteiger charge is 2.48. The summed E-state index contributed by atoms with van der Waals surface area (Å²) >= 11 is 0. The Morgan fingerprint density at radius 3 is 2.44 bits per heavy atom. The number of carboxylic acid groups (broad SMARTS) is 1. The van der Waals surface area contributed by atoms with Crippen molar-refractivity contribution in [2.24, 2.45) is 11.8 Å². The average molecular weight is 256 g/mol. The molecule has 0 spiro atoms. The number of hydrogen-bond acceptors (Lipinski definition) is 3. The van der Waals surface area contributed by atoms with Crippen LogP contribution in [-0.2, 0) is 9.53 Å². The lowest BCUT2D eigenvalue weighted by molar-refractivity contribution is -0.190. The van der Waals surface area contributed by atoms with E-state index < -0.39 is 23.8 Å². The Bertz CT molecular complexity index is 307. The van der Waals surface area contributed by atoms with Gasteiger partial charge in [-0.1, -0.05) is 0 Å². The highest BCUT2D eigenvalue weighted by Crippen LogP contribution is 2.48. The Balaban J connectivity index is 2.07. The second kappa shape index (κ2) is 5.17. The maximum atomic E-state index is 11.6. The third-order valence-electron chi connectivity index (χ3n) is 4.52. The number of aliphatic carboxylic acids is 1. The Morgan fingerprint density at radius 1 is 1.28 bits per heavy atom. The molecule has 2 N–H and O–H groups in total. The summed E-state index contributed by atoms with van der Waals surface area (Å²) < 4.78 is 5.76. The fourth-order valence-corrected chi connectivity index (χ4v) is 3.05. The Kier molecular flexibility index (Phi) is 3.97. The quantitative estimate of drug-likeness (QED) is 0.791. The van der Waals surface area contributed by atoms with E-state index in [0.717, 1.165) is 18.8 Å². The van der Waals surface area contributed by atoms with Crippen LogP contribution in [0.15, 0.2) is 0 Å². The molecule has 4 nitrogen and oxygen atoms in total. The first-order chi connectivity index (χ1) is 8.44. The van der Waals surface area contributed by atoms with E-state index in [1.807, 2.05) is 0 Å². The van der Waals surface area contributed by atoms with Gasteiger partial charge in [-0.3, -0.25) is 0 Å². The summed E-state index contributed by atoms with van der Waals surface area (Å²) in [6.07, 6.45) is 4.65. The molecule has 2 fully saturated rings. The van der Waals surface area contributed by atoms with E-state index in [2.05, 4.69) is 0 Å². The molecule has 0 saturated heterocycles. The zero-order valence-electron chi connectivity index (χ0n) is 11.3. The van der Waals surface area contributed by atoms with Crippen LogP contribution >= 0.6 is 0 Å². The fraction of sp³-hybridized carbons (Fsp3) is 0.929. The molecular weight excluding hydrogens is 232 g/mol. The topological polar surface area (TPSA) is 66.8 Å². The third kappa shape index (κ3) is 2.86. The molecule has 2 aliphatic carbocycles. The summed E-state index contributed by atoms with van der Waals surface area (Å²) in [5, 5.41) is 19.1. The predicted molar refractivity (Wildman–Crippen MR) is 67.3 cm³/mol. The second-order valence-electron chi connectivity index (χ2n) is 6.06. The molecule has 4 heteroatoms. The Morgan fingerprint density at radius 2 is 1.94 bits per heavy atom. The molecule has 2 rings (SSSR count). The van der Waals surface area contributed by atoms with Crippen molar-refractivity contribution >= 4 is 5.97 Å². The normalized spacial score (nSPS) is 36.1. The molecule has 0 amide bonds. The summed E-state index contributed by atoms with van der Waals surface area (Å²) in [5.41, 5.74) is -1.07. The Hall–Kier alpha value is -0.610. The second-order valence-corrected chi connectivity index (χ2v) is 6.06. The van der Waals surface area contributed by atoms with E-state index in [1.165, 1.54) is 12.8 Å². The lowest BCUT2D eigenvalue weighted by Gasteiger charge is -2.40. The summed E-state index contributed by atoms with van der Waals surface area (Å²) in [4.78, 5) is 11.6. The average Bonchev–Trinajstić information content (AvgIpc) is 3.12. The molecule has 4 atom stereocenters. The van der Waals surface area contributed by atoms with Gasteiger partial charge in [0.1, 0.15) is 0 Å². The Labute approximate surface area is 108 Å². The predicted octanol–water partition coefficient (Wildman–Crippen LogP) is 2.20. The van der Waals surface area contributed by atoms with Gasteiger partial charge in [0.25, 0.3) is 0 Å². The van der Waals surface area contributed by atoms with Crippen LogP contribution in [0, 0.1) is 11.8 Å². The summed E-state index contributed by atoms with van der Waals surface area (Å²) in [5.74, 6) is 0.353. The minimum Gasteiger partial charge on any atom is -0.479 e. The van der Waals surface area contributed by atoms with Crippen molar-refractivity contribution < 1.29 is 19.7 Å². The number of aliphatic hydroxyl groups excluding tert-OH is 1. The molecule has 18 heavy (non-hydrogen) atoms. The molecule has 104 valence electrons. The molecule has 0 aliphatic heterocycles. The number of carbonyl (C=O) groups is 1. The summed E-state index contributed by atoms with van der Waals surface area (Å²) in [6.45, 7) is 3.39. The van der Waals surface area contributed by atoms with E-state index in [0.29, 0.717) is 18.8 Å². The molecule has 0 bridgehead atoms. The first-order valence-electron chi connectivity index (χ1n) is 7.04. The van der Waals surface area contributed by atoms with Crippen molar-refractivity contribution in [1.82, 2.24) is 0 Å². The van der Waals surface area contributed by atoms with E-state index >= 15 is 0 Å². The zero-order chi connectivity index (χ0) is 13.3. The van der Waals surface area contributed by atoms with Crippen molar-refractivity contribution in [3.8, 4) is 0 Å². The number of carboxylic acids is 1. The van der Waals surface area contributed by atoms with Gasteiger partial charge in [0.15, 0.2) is 5.60 Å². The van der Waals surface area contributed by atoms with Crippen LogP contribution in [0.4, 0.5) is 0 Å². The van der Waals surface area contributed by atoms with Crippen molar-refractivity contribution in [3.05, 3.63) is 0 Å². The molecule has 2 saturated carbocycles. The minimum absolute atomic E-state index is 0.431. The fourth-order valence-electron chi connectivity index (χ4n) is 3.05. The van der Waals surface area contributed by atoms with E-state index in [1.54, 1.807) is 13.8 Å². The van der Waals surface area contributed by atoms with Gasteiger partial charge in [-0.2, -0.15) is 0 Å². The van der Waals surface area contributed by atoms with Gasteiger partial charge in [0, 0.05) is 0 Å². The lowest BCUT2D eigenvalue weighted by Crippen LogP contribution is -2.49. The van der Waals surface area contributed by atoms with Crippen molar-refractivity contribution in [2.75, 3.05) is 0 Å². The number of rotatable bonds is 5. The van der Waals surface area contributed by atoms with Crippen LogP contribution in [0.5, 0.6) is 0 Å². The molecule has 0 aromatic rings. The minimum atomic E-state index is -1.07.